The number of amides is 1. The molecule has 1 heterocycles. The van der Waals surface area contributed by atoms with E-state index in [1.54, 1.807) is 11.8 Å². The topological polar surface area (TPSA) is 38.3 Å². The van der Waals surface area contributed by atoms with Gasteiger partial charge in [0.05, 0.1) is 18.0 Å². The van der Waals surface area contributed by atoms with Gasteiger partial charge in [-0.1, -0.05) is 15.9 Å². The maximum atomic E-state index is 11.8. The Balaban J connectivity index is 2.12. The molecule has 15 heavy (non-hydrogen) atoms. The molecule has 0 aromatic rings. The first-order valence-electron chi connectivity index (χ1n) is 5.25. The summed E-state index contributed by atoms with van der Waals surface area (Å²) in [6.07, 6.45) is 2.14. The second kappa shape index (κ2) is 6.76. The molecule has 3 nitrogen and oxygen atoms in total. The van der Waals surface area contributed by atoms with Gasteiger partial charge in [0.15, 0.2) is 0 Å². The van der Waals surface area contributed by atoms with Crippen LogP contribution in [0.25, 0.3) is 0 Å². The van der Waals surface area contributed by atoms with E-state index in [1.807, 2.05) is 6.92 Å². The standard InChI is InChI=1S/C10H18BrNO2S/c1-10(3-2-8-15-10)9(13)12-5-7-14-6-4-11/h2-8H2,1H3,(H,12,13). The highest BCUT2D eigenvalue weighted by Crippen LogP contribution is 2.37. The number of carbonyl (C=O) groups is 1. The van der Waals surface area contributed by atoms with Crippen molar-refractivity contribution in [3.63, 3.8) is 0 Å². The molecule has 0 radical (unpaired) electrons. The summed E-state index contributed by atoms with van der Waals surface area (Å²) in [4.78, 5) is 11.8. The molecule has 0 aliphatic carbocycles. The highest BCUT2D eigenvalue weighted by atomic mass is 79.9. The third-order valence-corrected chi connectivity index (χ3v) is 4.30. The van der Waals surface area contributed by atoms with Crippen molar-refractivity contribution in [1.82, 2.24) is 5.32 Å². The van der Waals surface area contributed by atoms with Crippen molar-refractivity contribution in [2.75, 3.05) is 30.8 Å². The zero-order valence-corrected chi connectivity index (χ0v) is 11.5. The summed E-state index contributed by atoms with van der Waals surface area (Å²) in [7, 11) is 0. The average molecular weight is 296 g/mol. The van der Waals surface area contributed by atoms with Crippen LogP contribution in [0.15, 0.2) is 0 Å². The first kappa shape index (κ1) is 13.3. The van der Waals surface area contributed by atoms with Crippen LogP contribution in [0.4, 0.5) is 0 Å². The lowest BCUT2D eigenvalue weighted by Crippen LogP contribution is -2.41. The van der Waals surface area contributed by atoms with Gasteiger partial charge in [-0.3, -0.25) is 4.79 Å². The summed E-state index contributed by atoms with van der Waals surface area (Å²) < 4.78 is 5.06. The van der Waals surface area contributed by atoms with E-state index in [0.717, 1.165) is 23.9 Å². The Morgan fingerprint density at radius 3 is 3.00 bits per heavy atom. The van der Waals surface area contributed by atoms with Crippen molar-refractivity contribution in [3.05, 3.63) is 0 Å². The van der Waals surface area contributed by atoms with Crippen molar-refractivity contribution in [2.24, 2.45) is 0 Å². The van der Waals surface area contributed by atoms with E-state index >= 15 is 0 Å². The summed E-state index contributed by atoms with van der Waals surface area (Å²) in [6.45, 7) is 3.93. The molecule has 5 heteroatoms. The number of hydrogen-bond donors (Lipinski definition) is 1. The Labute approximate surface area is 104 Å². The minimum Gasteiger partial charge on any atom is -0.379 e. The third-order valence-electron chi connectivity index (χ3n) is 2.45. The van der Waals surface area contributed by atoms with Crippen LogP contribution in [-0.4, -0.2) is 41.5 Å². The van der Waals surface area contributed by atoms with Gasteiger partial charge in [-0.25, -0.2) is 0 Å². The maximum absolute atomic E-state index is 11.8. The molecule has 1 aliphatic rings. The Morgan fingerprint density at radius 1 is 1.60 bits per heavy atom. The molecule has 0 aromatic carbocycles. The molecule has 1 unspecified atom stereocenters. The molecule has 0 aromatic heterocycles. The predicted molar refractivity (Wildman–Crippen MR) is 67.7 cm³/mol. The van der Waals surface area contributed by atoms with Crippen LogP contribution in [0, 0.1) is 0 Å². The van der Waals surface area contributed by atoms with E-state index in [4.69, 9.17) is 4.74 Å². The molecule has 0 saturated carbocycles. The molecule has 1 fully saturated rings. The van der Waals surface area contributed by atoms with Crippen molar-refractivity contribution in [2.45, 2.75) is 24.5 Å². The number of ether oxygens (including phenoxy) is 1. The van der Waals surface area contributed by atoms with Crippen LogP contribution in [0.1, 0.15) is 19.8 Å². The number of hydrogen-bond acceptors (Lipinski definition) is 3. The highest BCUT2D eigenvalue weighted by Gasteiger charge is 2.36. The SMILES string of the molecule is CC1(C(=O)NCCOCCBr)CCCS1. The van der Waals surface area contributed by atoms with Crippen LogP contribution in [0.3, 0.4) is 0 Å². The van der Waals surface area contributed by atoms with Crippen LogP contribution in [-0.2, 0) is 9.53 Å². The molecule has 0 bridgehead atoms. The highest BCUT2D eigenvalue weighted by molar-refractivity contribution is 9.09. The second-order valence-electron chi connectivity index (χ2n) is 3.74. The average Bonchev–Trinajstić information content (AvgIpc) is 2.66. The molecule has 1 rings (SSSR count). The Hall–Kier alpha value is 0.260. The zero-order valence-electron chi connectivity index (χ0n) is 9.05. The van der Waals surface area contributed by atoms with Crippen molar-refractivity contribution in [3.8, 4) is 0 Å². The predicted octanol–water partition coefficient (Wildman–Crippen LogP) is 1.80. The third kappa shape index (κ3) is 4.33. The normalized spacial score (nSPS) is 25.5. The summed E-state index contributed by atoms with van der Waals surface area (Å²) in [6, 6.07) is 0. The number of alkyl halides is 1. The fourth-order valence-electron chi connectivity index (χ4n) is 1.54. The lowest BCUT2D eigenvalue weighted by Gasteiger charge is -2.21. The quantitative estimate of drug-likeness (QED) is 0.600. The summed E-state index contributed by atoms with van der Waals surface area (Å²) in [5.41, 5.74) is 0. The maximum Gasteiger partial charge on any atom is 0.236 e. The lowest BCUT2D eigenvalue weighted by molar-refractivity contribution is -0.123. The first-order chi connectivity index (χ1) is 7.19. The molecule has 1 saturated heterocycles. The van der Waals surface area contributed by atoms with E-state index in [2.05, 4.69) is 21.2 Å². The van der Waals surface area contributed by atoms with E-state index in [1.165, 1.54) is 0 Å². The minimum absolute atomic E-state index is 0.160. The van der Waals surface area contributed by atoms with Gasteiger partial charge in [-0.15, -0.1) is 11.8 Å². The van der Waals surface area contributed by atoms with E-state index in [9.17, 15) is 4.79 Å². The van der Waals surface area contributed by atoms with Gasteiger partial charge in [-0.05, 0) is 25.5 Å². The Kier molecular flexibility index (Phi) is 6.00. The minimum atomic E-state index is -0.199. The van der Waals surface area contributed by atoms with Crippen LogP contribution < -0.4 is 5.32 Å². The molecule has 1 amide bonds. The van der Waals surface area contributed by atoms with Crippen LogP contribution in [0.5, 0.6) is 0 Å². The number of thioether (sulfide) groups is 1. The van der Waals surface area contributed by atoms with Gasteiger partial charge in [-0.2, -0.15) is 0 Å². The number of halogens is 1. The largest absolute Gasteiger partial charge is 0.379 e. The van der Waals surface area contributed by atoms with Gasteiger partial charge in [0.25, 0.3) is 0 Å². The second-order valence-corrected chi connectivity index (χ2v) is 6.13. The lowest BCUT2D eigenvalue weighted by atomic mass is 10.1. The fraction of sp³-hybridized carbons (Fsp3) is 0.900. The Bertz CT molecular complexity index is 208. The van der Waals surface area contributed by atoms with Gasteiger partial charge in [0.1, 0.15) is 0 Å². The number of rotatable bonds is 6. The van der Waals surface area contributed by atoms with Crippen molar-refractivity contribution < 1.29 is 9.53 Å². The molecular formula is C10H18BrNO2S. The molecule has 1 atom stereocenters. The number of carbonyl (C=O) groups excluding carboxylic acids is 1. The monoisotopic (exact) mass is 295 g/mol. The summed E-state index contributed by atoms with van der Waals surface area (Å²) in [5.74, 6) is 1.26. The van der Waals surface area contributed by atoms with Crippen molar-refractivity contribution >= 4 is 33.6 Å². The summed E-state index contributed by atoms with van der Waals surface area (Å²) in [5, 5.41) is 3.77. The van der Waals surface area contributed by atoms with Crippen molar-refractivity contribution in [1.29, 1.82) is 0 Å². The smallest absolute Gasteiger partial charge is 0.236 e. The molecular weight excluding hydrogens is 278 g/mol. The van der Waals surface area contributed by atoms with Gasteiger partial charge < -0.3 is 10.1 Å². The Morgan fingerprint density at radius 2 is 2.40 bits per heavy atom. The fourth-order valence-corrected chi connectivity index (χ4v) is 3.00. The zero-order chi connectivity index (χ0) is 11.1. The van der Waals surface area contributed by atoms with Gasteiger partial charge in [0.2, 0.25) is 5.91 Å². The van der Waals surface area contributed by atoms with Gasteiger partial charge in [0, 0.05) is 11.9 Å². The molecule has 88 valence electrons. The van der Waals surface area contributed by atoms with E-state index in [0.29, 0.717) is 19.8 Å². The van der Waals surface area contributed by atoms with Crippen LogP contribution >= 0.6 is 27.7 Å². The van der Waals surface area contributed by atoms with Crippen LogP contribution in [0.2, 0.25) is 0 Å². The summed E-state index contributed by atoms with van der Waals surface area (Å²) >= 11 is 5.04. The first-order valence-corrected chi connectivity index (χ1v) is 7.36. The van der Waals surface area contributed by atoms with E-state index < -0.39 is 0 Å². The number of nitrogens with one attached hydrogen (secondary N) is 1. The molecule has 1 N–H and O–H groups in total. The molecule has 1 aliphatic heterocycles. The van der Waals surface area contributed by atoms with Gasteiger partial charge >= 0.3 is 0 Å². The van der Waals surface area contributed by atoms with E-state index in [-0.39, 0.29) is 10.7 Å². The molecule has 0 spiro atoms.